The molecule has 6 aliphatic rings. The fourth-order valence-corrected chi connectivity index (χ4v) is 10.1. The molecule has 0 bridgehead atoms. The van der Waals surface area contributed by atoms with E-state index in [9.17, 15) is 23.9 Å². The predicted molar refractivity (Wildman–Crippen MR) is 212 cm³/mol. The van der Waals surface area contributed by atoms with Gasteiger partial charge in [-0.25, -0.2) is 9.37 Å². The van der Waals surface area contributed by atoms with E-state index in [1.54, 1.807) is 35.2 Å². The SMILES string of the molecule is O=C(Cn1c2c(c(=O)n3nc(-c4ccc(N5CCN(C6COC6)CC5)cc4)nc13)C1(CCN(C(=O)c3ncccc3O)CC1)[C@@H]1C[C@H]21)Nc1ccc(C2(F)CC2)cc1. The summed E-state index contributed by atoms with van der Waals surface area (Å²) in [4.78, 5) is 57.8. The summed E-state index contributed by atoms with van der Waals surface area (Å²) in [6.45, 7) is 6.16. The van der Waals surface area contributed by atoms with Gasteiger partial charge in [-0.1, -0.05) is 12.1 Å². The Labute approximate surface area is 333 Å². The molecule has 2 aromatic carbocycles. The van der Waals surface area contributed by atoms with Crippen LogP contribution >= 0.6 is 0 Å². The second-order valence-corrected chi connectivity index (χ2v) is 16.9. The van der Waals surface area contributed by atoms with Crippen LogP contribution in [0.5, 0.6) is 5.75 Å². The van der Waals surface area contributed by atoms with E-state index in [1.807, 2.05) is 16.7 Å². The van der Waals surface area contributed by atoms with Crippen LogP contribution in [0.25, 0.3) is 17.2 Å². The third kappa shape index (κ3) is 5.72. The average molecular weight is 786 g/mol. The highest BCUT2D eigenvalue weighted by atomic mass is 19.1. The molecule has 2 atom stereocenters. The van der Waals surface area contributed by atoms with Gasteiger partial charge in [0.15, 0.2) is 11.5 Å². The quantitative estimate of drug-likeness (QED) is 0.236. The topological polar surface area (TPSA) is 150 Å². The van der Waals surface area contributed by atoms with Crippen LogP contribution in [0, 0.1) is 5.92 Å². The zero-order valence-electron chi connectivity index (χ0n) is 32.0. The summed E-state index contributed by atoms with van der Waals surface area (Å²) < 4.78 is 23.3. The number of anilines is 2. The Morgan fingerprint density at radius 1 is 0.931 bits per heavy atom. The molecule has 2 N–H and O–H groups in total. The molecule has 5 aromatic rings. The van der Waals surface area contributed by atoms with Gasteiger partial charge in [0.2, 0.25) is 11.7 Å². The zero-order chi connectivity index (χ0) is 39.3. The molecule has 1 spiro atoms. The summed E-state index contributed by atoms with van der Waals surface area (Å²) in [6.07, 6.45) is 4.49. The highest BCUT2D eigenvalue weighted by Crippen LogP contribution is 2.67. The van der Waals surface area contributed by atoms with Crippen LogP contribution in [0.1, 0.15) is 65.3 Å². The monoisotopic (exact) mass is 785 g/mol. The molecule has 3 aliphatic carbocycles. The number of halogens is 1. The summed E-state index contributed by atoms with van der Waals surface area (Å²) in [5, 5.41) is 18.2. The first-order chi connectivity index (χ1) is 28.2. The van der Waals surface area contributed by atoms with Gasteiger partial charge in [-0.2, -0.15) is 9.50 Å². The van der Waals surface area contributed by atoms with Crippen LogP contribution in [0.4, 0.5) is 15.8 Å². The number of carbonyl (C=O) groups excluding carboxylic acids is 2. The van der Waals surface area contributed by atoms with Crippen molar-refractivity contribution in [1.82, 2.24) is 33.9 Å². The van der Waals surface area contributed by atoms with Crippen LogP contribution < -0.4 is 15.8 Å². The van der Waals surface area contributed by atoms with Gasteiger partial charge in [-0.05, 0) is 92.1 Å². The van der Waals surface area contributed by atoms with Gasteiger partial charge >= 0.3 is 0 Å². The number of nitrogens with zero attached hydrogens (tertiary/aromatic N) is 8. The van der Waals surface area contributed by atoms with Crippen molar-refractivity contribution in [2.45, 2.75) is 61.7 Å². The van der Waals surface area contributed by atoms with E-state index >= 15 is 0 Å². The van der Waals surface area contributed by atoms with Crippen molar-refractivity contribution in [2.75, 3.05) is 62.7 Å². The molecule has 298 valence electrons. The first-order valence-electron chi connectivity index (χ1n) is 20.4. The maximum absolute atomic E-state index is 14.8. The smallest absolute Gasteiger partial charge is 0.279 e. The Morgan fingerprint density at radius 2 is 1.67 bits per heavy atom. The van der Waals surface area contributed by atoms with Gasteiger partial charge in [0.05, 0.1) is 19.3 Å². The number of aromatic hydroxyl groups is 1. The van der Waals surface area contributed by atoms with E-state index in [2.05, 4.69) is 32.2 Å². The van der Waals surface area contributed by atoms with Crippen LogP contribution in [0.2, 0.25) is 0 Å². The normalized spacial score (nSPS) is 23.1. The number of hydrogen-bond donors (Lipinski definition) is 2. The number of alkyl halides is 1. The summed E-state index contributed by atoms with van der Waals surface area (Å²) in [7, 11) is 0. The Hall–Kier alpha value is -5.67. The molecule has 58 heavy (non-hydrogen) atoms. The number of carbonyl (C=O) groups is 2. The summed E-state index contributed by atoms with van der Waals surface area (Å²) in [5.41, 5.74) is 2.54. The largest absolute Gasteiger partial charge is 0.505 e. The second-order valence-electron chi connectivity index (χ2n) is 16.9. The highest BCUT2D eigenvalue weighted by molar-refractivity contribution is 5.95. The molecular weight excluding hydrogens is 742 g/mol. The first-order valence-corrected chi connectivity index (χ1v) is 20.4. The number of pyridine rings is 1. The average Bonchev–Trinajstić information content (AvgIpc) is 4.12. The second kappa shape index (κ2) is 13.2. The van der Waals surface area contributed by atoms with E-state index in [1.165, 1.54) is 16.8 Å². The minimum atomic E-state index is -1.27. The molecule has 3 aliphatic heterocycles. The molecular formula is C43H44FN9O5. The molecule has 3 saturated heterocycles. The van der Waals surface area contributed by atoms with Gasteiger partial charge in [-0.3, -0.25) is 19.3 Å². The first kappa shape index (κ1) is 35.5. The van der Waals surface area contributed by atoms with Crippen molar-refractivity contribution in [2.24, 2.45) is 5.92 Å². The van der Waals surface area contributed by atoms with E-state index < -0.39 is 11.1 Å². The molecule has 5 fully saturated rings. The summed E-state index contributed by atoms with van der Waals surface area (Å²) in [5.74, 6) is 0.156. The van der Waals surface area contributed by atoms with Gasteiger partial charge in [-0.15, -0.1) is 5.10 Å². The van der Waals surface area contributed by atoms with Crippen LogP contribution in [-0.2, 0) is 27.2 Å². The van der Waals surface area contributed by atoms with Crippen LogP contribution in [0.3, 0.4) is 0 Å². The van der Waals surface area contributed by atoms with Crippen molar-refractivity contribution >= 4 is 29.0 Å². The van der Waals surface area contributed by atoms with Crippen molar-refractivity contribution in [3.8, 4) is 17.1 Å². The van der Waals surface area contributed by atoms with E-state index in [0.29, 0.717) is 73.2 Å². The summed E-state index contributed by atoms with van der Waals surface area (Å²) in [6, 6.07) is 18.6. The Kier molecular flexibility index (Phi) is 8.06. The lowest BCUT2D eigenvalue weighted by molar-refractivity contribution is -0.116. The third-order valence-electron chi connectivity index (χ3n) is 13.7. The molecule has 3 aromatic heterocycles. The van der Waals surface area contributed by atoms with Gasteiger partial charge in [0.25, 0.3) is 11.5 Å². The maximum atomic E-state index is 14.8. The molecule has 14 nitrogen and oxygen atoms in total. The summed E-state index contributed by atoms with van der Waals surface area (Å²) >= 11 is 0. The lowest BCUT2D eigenvalue weighted by Gasteiger charge is -2.43. The number of likely N-dealkylation sites (tertiary alicyclic amines) is 1. The van der Waals surface area contributed by atoms with E-state index in [-0.39, 0.29) is 47.2 Å². The molecule has 2 amide bonds. The number of benzene rings is 2. The molecule has 2 saturated carbocycles. The van der Waals surface area contributed by atoms with Gasteiger partial charge in [0, 0.05) is 85.0 Å². The van der Waals surface area contributed by atoms with Crippen molar-refractivity contribution in [3.63, 3.8) is 0 Å². The standard InChI is InChI=1S/C43H44FN9O5/c44-43(11-12-43)27-5-7-28(8-6-27)46-34(55)23-52-37-31-22-32(31)42(13-16-51(17-14-42)40(57)36-33(54)2-1-15-45-36)35(37)39(56)53-41(52)47-38(48-53)26-3-9-29(10-4-26)49-18-20-50(21-19-49)30-24-58-25-30/h1-10,15,30-32,54H,11-14,16-25H2,(H,46,55)/t31-,32+/m0/s1. The van der Waals surface area contributed by atoms with Crippen molar-refractivity contribution in [3.05, 3.63) is 99.7 Å². The fraction of sp³-hybridized carbons (Fsp3) is 0.442. The van der Waals surface area contributed by atoms with Crippen molar-refractivity contribution < 1.29 is 23.8 Å². The number of piperazine rings is 1. The molecule has 11 rings (SSSR count). The lowest BCUT2D eigenvalue weighted by atomic mass is 9.71. The number of fused-ring (bicyclic) bond motifs is 6. The minimum Gasteiger partial charge on any atom is -0.505 e. The van der Waals surface area contributed by atoms with Gasteiger partial charge in [0.1, 0.15) is 18.0 Å². The number of aromatic nitrogens is 5. The number of hydrogen-bond acceptors (Lipinski definition) is 10. The Balaban J connectivity index is 0.917. The fourth-order valence-electron chi connectivity index (χ4n) is 10.1. The molecule has 15 heteroatoms. The van der Waals surface area contributed by atoms with Gasteiger partial charge < -0.3 is 29.5 Å². The van der Waals surface area contributed by atoms with Crippen LogP contribution in [0.15, 0.2) is 71.7 Å². The predicted octanol–water partition coefficient (Wildman–Crippen LogP) is 4.07. The number of ether oxygens (including phenoxy) is 1. The molecule has 0 unspecified atom stereocenters. The zero-order valence-corrected chi connectivity index (χ0v) is 32.0. The third-order valence-corrected chi connectivity index (χ3v) is 13.7. The maximum Gasteiger partial charge on any atom is 0.279 e. The molecule has 6 heterocycles. The Morgan fingerprint density at radius 3 is 2.34 bits per heavy atom. The van der Waals surface area contributed by atoms with E-state index in [0.717, 1.165) is 62.8 Å². The minimum absolute atomic E-state index is 0.0151. The number of amides is 2. The van der Waals surface area contributed by atoms with Crippen LogP contribution in [-0.4, -0.2) is 109 Å². The van der Waals surface area contributed by atoms with E-state index in [4.69, 9.17) is 14.8 Å². The number of rotatable bonds is 8. The Bertz CT molecular complexity index is 2510. The lowest BCUT2D eigenvalue weighted by Crippen LogP contribution is -2.56. The number of piperidine rings is 1. The number of nitrogens with one attached hydrogen (secondary N) is 1. The highest BCUT2D eigenvalue weighted by Gasteiger charge is 2.64. The van der Waals surface area contributed by atoms with Crippen molar-refractivity contribution in [1.29, 1.82) is 0 Å². The molecule has 0 radical (unpaired) electrons.